The molecule has 2 aromatic carbocycles. The van der Waals surface area contributed by atoms with E-state index in [2.05, 4.69) is 10.3 Å². The van der Waals surface area contributed by atoms with E-state index in [4.69, 9.17) is 4.74 Å². The SMILES string of the molecule is CCOc1ccc(NC(=O)c2ccnc(C(=O)N(C)Cc3ccccc3)c2)cc1. The van der Waals surface area contributed by atoms with E-state index < -0.39 is 0 Å². The van der Waals surface area contributed by atoms with E-state index in [-0.39, 0.29) is 17.5 Å². The number of nitrogens with one attached hydrogen (secondary N) is 1. The maximum atomic E-state index is 12.7. The fourth-order valence-electron chi connectivity index (χ4n) is 2.82. The van der Waals surface area contributed by atoms with Gasteiger partial charge in [0.05, 0.1) is 6.61 Å². The first-order valence-electron chi connectivity index (χ1n) is 9.36. The quantitative estimate of drug-likeness (QED) is 0.663. The van der Waals surface area contributed by atoms with Crippen LogP contribution in [0.15, 0.2) is 72.9 Å². The molecule has 0 atom stereocenters. The summed E-state index contributed by atoms with van der Waals surface area (Å²) >= 11 is 0. The van der Waals surface area contributed by atoms with E-state index in [9.17, 15) is 9.59 Å². The molecule has 0 radical (unpaired) electrons. The first kappa shape index (κ1) is 20.1. The van der Waals surface area contributed by atoms with Crippen molar-refractivity contribution >= 4 is 17.5 Å². The van der Waals surface area contributed by atoms with Gasteiger partial charge in [-0.1, -0.05) is 30.3 Å². The van der Waals surface area contributed by atoms with E-state index >= 15 is 0 Å². The Morgan fingerprint density at radius 3 is 2.45 bits per heavy atom. The second-order valence-corrected chi connectivity index (χ2v) is 6.49. The number of aromatic nitrogens is 1. The van der Waals surface area contributed by atoms with Crippen LogP contribution < -0.4 is 10.1 Å². The van der Waals surface area contributed by atoms with Crippen LogP contribution in [-0.2, 0) is 6.54 Å². The van der Waals surface area contributed by atoms with E-state index in [0.29, 0.717) is 24.4 Å². The molecule has 6 heteroatoms. The number of nitrogens with zero attached hydrogens (tertiary/aromatic N) is 2. The zero-order valence-corrected chi connectivity index (χ0v) is 16.5. The Hall–Kier alpha value is -3.67. The van der Waals surface area contributed by atoms with Crippen LogP contribution in [-0.4, -0.2) is 35.4 Å². The Labute approximate surface area is 170 Å². The molecule has 0 aliphatic heterocycles. The molecule has 0 aliphatic carbocycles. The molecular formula is C23H23N3O3. The highest BCUT2D eigenvalue weighted by molar-refractivity contribution is 6.05. The fraction of sp³-hybridized carbons (Fsp3) is 0.174. The second-order valence-electron chi connectivity index (χ2n) is 6.49. The maximum absolute atomic E-state index is 12.7. The van der Waals surface area contributed by atoms with Crippen molar-refractivity contribution < 1.29 is 14.3 Å². The Bertz CT molecular complexity index is 972. The zero-order chi connectivity index (χ0) is 20.6. The van der Waals surface area contributed by atoms with Crippen LogP contribution in [0.2, 0.25) is 0 Å². The standard InChI is InChI=1S/C23H23N3O3/c1-3-29-20-11-9-19(10-12-20)25-22(27)18-13-14-24-21(15-18)23(28)26(2)16-17-7-5-4-6-8-17/h4-15H,3,16H2,1-2H3,(H,25,27). The number of anilines is 1. The third-order valence-electron chi connectivity index (χ3n) is 4.27. The molecular weight excluding hydrogens is 366 g/mol. The van der Waals surface area contributed by atoms with E-state index in [1.54, 1.807) is 42.3 Å². The highest BCUT2D eigenvalue weighted by Crippen LogP contribution is 2.17. The fourth-order valence-corrected chi connectivity index (χ4v) is 2.82. The summed E-state index contributed by atoms with van der Waals surface area (Å²) in [5, 5.41) is 2.82. The lowest BCUT2D eigenvalue weighted by molar-refractivity contribution is 0.0779. The number of benzene rings is 2. The van der Waals surface area contributed by atoms with Gasteiger partial charge in [0.1, 0.15) is 11.4 Å². The molecule has 0 bridgehead atoms. The minimum atomic E-state index is -0.309. The molecule has 0 unspecified atom stereocenters. The van der Waals surface area contributed by atoms with Crippen LogP contribution in [0.3, 0.4) is 0 Å². The summed E-state index contributed by atoms with van der Waals surface area (Å²) in [6, 6.07) is 19.9. The van der Waals surface area contributed by atoms with Crippen LogP contribution in [0.4, 0.5) is 5.69 Å². The highest BCUT2D eigenvalue weighted by Gasteiger charge is 2.16. The van der Waals surface area contributed by atoms with Crippen molar-refractivity contribution in [2.45, 2.75) is 13.5 Å². The molecule has 0 spiro atoms. The van der Waals surface area contributed by atoms with Gasteiger partial charge in [0.2, 0.25) is 0 Å². The Morgan fingerprint density at radius 1 is 1.03 bits per heavy atom. The molecule has 29 heavy (non-hydrogen) atoms. The van der Waals surface area contributed by atoms with Crippen molar-refractivity contribution in [3.8, 4) is 5.75 Å². The predicted molar refractivity (Wildman–Crippen MR) is 112 cm³/mol. The molecule has 1 aromatic heterocycles. The number of ether oxygens (including phenoxy) is 1. The van der Waals surface area contributed by atoms with E-state index in [1.165, 1.54) is 12.3 Å². The lowest BCUT2D eigenvalue weighted by Gasteiger charge is -2.17. The third-order valence-corrected chi connectivity index (χ3v) is 4.27. The van der Waals surface area contributed by atoms with Gasteiger partial charge in [-0.05, 0) is 48.9 Å². The minimum Gasteiger partial charge on any atom is -0.494 e. The summed E-state index contributed by atoms with van der Waals surface area (Å²) in [5.41, 5.74) is 2.25. The van der Waals surface area contributed by atoms with Crippen molar-refractivity contribution in [1.82, 2.24) is 9.88 Å². The van der Waals surface area contributed by atoms with Crippen LogP contribution in [0, 0.1) is 0 Å². The summed E-state index contributed by atoms with van der Waals surface area (Å²) in [6.07, 6.45) is 1.47. The van der Waals surface area contributed by atoms with Gasteiger partial charge < -0.3 is 15.0 Å². The Morgan fingerprint density at radius 2 is 1.76 bits per heavy atom. The number of pyridine rings is 1. The van der Waals surface area contributed by atoms with Crippen molar-refractivity contribution in [3.05, 3.63) is 89.7 Å². The maximum Gasteiger partial charge on any atom is 0.272 e. The average molecular weight is 389 g/mol. The topological polar surface area (TPSA) is 71.5 Å². The van der Waals surface area contributed by atoms with Gasteiger partial charge in [-0.2, -0.15) is 0 Å². The number of hydrogen-bond donors (Lipinski definition) is 1. The van der Waals surface area contributed by atoms with Crippen LogP contribution in [0.1, 0.15) is 33.3 Å². The second kappa shape index (κ2) is 9.50. The third kappa shape index (κ3) is 5.42. The first-order chi connectivity index (χ1) is 14.1. The summed E-state index contributed by atoms with van der Waals surface area (Å²) in [6.45, 7) is 2.96. The van der Waals surface area contributed by atoms with Gasteiger partial charge in [-0.3, -0.25) is 14.6 Å². The van der Waals surface area contributed by atoms with E-state index in [0.717, 1.165) is 11.3 Å². The highest BCUT2D eigenvalue weighted by atomic mass is 16.5. The van der Waals surface area contributed by atoms with Gasteiger partial charge in [0.25, 0.3) is 11.8 Å². The Balaban J connectivity index is 1.67. The molecule has 6 nitrogen and oxygen atoms in total. The largest absolute Gasteiger partial charge is 0.494 e. The molecule has 3 rings (SSSR count). The number of carbonyl (C=O) groups excluding carboxylic acids is 2. The van der Waals surface area contributed by atoms with Crippen molar-refractivity contribution in [2.24, 2.45) is 0 Å². The summed E-state index contributed by atoms with van der Waals surface area (Å²) in [4.78, 5) is 31.0. The smallest absolute Gasteiger partial charge is 0.272 e. The van der Waals surface area contributed by atoms with Gasteiger partial charge in [0.15, 0.2) is 0 Å². The normalized spacial score (nSPS) is 10.3. The van der Waals surface area contributed by atoms with Crippen LogP contribution in [0.5, 0.6) is 5.75 Å². The minimum absolute atomic E-state index is 0.225. The van der Waals surface area contributed by atoms with Crippen molar-refractivity contribution in [2.75, 3.05) is 19.0 Å². The number of hydrogen-bond acceptors (Lipinski definition) is 4. The van der Waals surface area contributed by atoms with Crippen LogP contribution >= 0.6 is 0 Å². The summed E-state index contributed by atoms with van der Waals surface area (Å²) in [7, 11) is 1.71. The molecule has 1 N–H and O–H groups in total. The van der Waals surface area contributed by atoms with Gasteiger partial charge in [-0.25, -0.2) is 0 Å². The Kier molecular flexibility index (Phi) is 6.58. The molecule has 3 aromatic rings. The molecule has 1 heterocycles. The van der Waals surface area contributed by atoms with E-state index in [1.807, 2.05) is 37.3 Å². The predicted octanol–water partition coefficient (Wildman–Crippen LogP) is 4.00. The monoisotopic (exact) mass is 389 g/mol. The molecule has 148 valence electrons. The lowest BCUT2D eigenvalue weighted by Crippen LogP contribution is -2.27. The van der Waals surface area contributed by atoms with Crippen molar-refractivity contribution in [1.29, 1.82) is 0 Å². The summed E-state index contributed by atoms with van der Waals surface area (Å²) < 4.78 is 5.39. The number of carbonyl (C=O) groups is 2. The average Bonchev–Trinajstić information content (AvgIpc) is 2.75. The van der Waals surface area contributed by atoms with Crippen LogP contribution in [0.25, 0.3) is 0 Å². The zero-order valence-electron chi connectivity index (χ0n) is 16.5. The first-order valence-corrected chi connectivity index (χ1v) is 9.36. The lowest BCUT2D eigenvalue weighted by atomic mass is 10.1. The molecule has 0 saturated carbocycles. The molecule has 0 saturated heterocycles. The number of amides is 2. The summed E-state index contributed by atoms with van der Waals surface area (Å²) in [5.74, 6) is 0.185. The van der Waals surface area contributed by atoms with Gasteiger partial charge >= 0.3 is 0 Å². The number of rotatable bonds is 7. The molecule has 0 aliphatic rings. The molecule has 0 fully saturated rings. The van der Waals surface area contributed by atoms with Gasteiger partial charge in [0, 0.05) is 31.0 Å². The van der Waals surface area contributed by atoms with Gasteiger partial charge in [-0.15, -0.1) is 0 Å². The molecule has 2 amide bonds. The van der Waals surface area contributed by atoms with Crippen molar-refractivity contribution in [3.63, 3.8) is 0 Å².